The predicted octanol–water partition coefficient (Wildman–Crippen LogP) is 2.01. The molecule has 0 radical (unpaired) electrons. The van der Waals surface area contributed by atoms with Gasteiger partial charge in [-0.05, 0) is 57.0 Å². The van der Waals surface area contributed by atoms with Crippen LogP contribution in [0.4, 0.5) is 4.39 Å². The van der Waals surface area contributed by atoms with Crippen molar-refractivity contribution in [2.45, 2.75) is 32.2 Å². The van der Waals surface area contributed by atoms with Crippen molar-refractivity contribution in [3.8, 4) is 0 Å². The number of rotatable bonds is 2. The summed E-state index contributed by atoms with van der Waals surface area (Å²) in [5.41, 5.74) is 0.959. The quantitative estimate of drug-likeness (QED) is 0.843. The molecule has 0 spiro atoms. The number of aryl methyl sites for hydroxylation is 1. The van der Waals surface area contributed by atoms with E-state index in [1.54, 1.807) is 12.1 Å². The van der Waals surface area contributed by atoms with Gasteiger partial charge in [-0.1, -0.05) is 6.07 Å². The molecule has 1 aromatic carbocycles. The highest BCUT2D eigenvalue weighted by Crippen LogP contribution is 2.11. The van der Waals surface area contributed by atoms with E-state index in [2.05, 4.69) is 10.6 Å². The number of benzene rings is 1. The summed E-state index contributed by atoms with van der Waals surface area (Å²) >= 11 is 0. The van der Waals surface area contributed by atoms with Gasteiger partial charge in [0.25, 0.3) is 5.91 Å². The van der Waals surface area contributed by atoms with Gasteiger partial charge in [0.1, 0.15) is 5.82 Å². The Morgan fingerprint density at radius 1 is 1.39 bits per heavy atom. The van der Waals surface area contributed by atoms with Gasteiger partial charge in [-0.3, -0.25) is 4.79 Å². The summed E-state index contributed by atoms with van der Waals surface area (Å²) in [7, 11) is 0. The van der Waals surface area contributed by atoms with Gasteiger partial charge >= 0.3 is 0 Å². The summed E-state index contributed by atoms with van der Waals surface area (Å²) in [4.78, 5) is 12.0. The zero-order chi connectivity index (χ0) is 13.0. The van der Waals surface area contributed by atoms with Crippen LogP contribution in [0.3, 0.4) is 0 Å². The van der Waals surface area contributed by atoms with E-state index < -0.39 is 5.82 Å². The first-order valence-corrected chi connectivity index (χ1v) is 6.44. The van der Waals surface area contributed by atoms with Gasteiger partial charge in [0.05, 0.1) is 5.56 Å². The number of nitrogens with one attached hydrogen (secondary N) is 2. The van der Waals surface area contributed by atoms with Gasteiger partial charge < -0.3 is 10.6 Å². The van der Waals surface area contributed by atoms with Crippen molar-refractivity contribution in [2.24, 2.45) is 0 Å². The maximum absolute atomic E-state index is 13.7. The zero-order valence-corrected chi connectivity index (χ0v) is 10.6. The SMILES string of the molecule is Cc1ccc(C(=O)NC2CCCNCC2)c(F)c1. The van der Waals surface area contributed by atoms with Gasteiger partial charge in [-0.2, -0.15) is 0 Å². The van der Waals surface area contributed by atoms with Gasteiger partial charge in [0.15, 0.2) is 0 Å². The molecule has 0 aromatic heterocycles. The Kier molecular flexibility index (Phi) is 4.31. The standard InChI is InChI=1S/C14H19FN2O/c1-10-4-5-12(13(15)9-10)14(18)17-11-3-2-7-16-8-6-11/h4-5,9,11,16H,2-3,6-8H2,1H3,(H,17,18). The van der Waals surface area contributed by atoms with Crippen molar-refractivity contribution in [3.63, 3.8) is 0 Å². The maximum atomic E-state index is 13.7. The van der Waals surface area contributed by atoms with E-state index in [0.29, 0.717) is 0 Å². The van der Waals surface area contributed by atoms with E-state index in [9.17, 15) is 9.18 Å². The average molecular weight is 250 g/mol. The van der Waals surface area contributed by atoms with E-state index >= 15 is 0 Å². The lowest BCUT2D eigenvalue weighted by atomic mass is 10.1. The molecule has 1 aliphatic rings. The Labute approximate surface area is 107 Å². The predicted molar refractivity (Wildman–Crippen MR) is 69.1 cm³/mol. The number of hydrogen-bond acceptors (Lipinski definition) is 2. The van der Waals surface area contributed by atoms with Crippen LogP contribution < -0.4 is 10.6 Å². The van der Waals surface area contributed by atoms with Crippen molar-refractivity contribution < 1.29 is 9.18 Å². The Morgan fingerprint density at radius 2 is 2.22 bits per heavy atom. The Bertz CT molecular complexity index is 426. The first-order valence-electron chi connectivity index (χ1n) is 6.44. The molecule has 18 heavy (non-hydrogen) atoms. The van der Waals surface area contributed by atoms with E-state index in [1.807, 2.05) is 6.92 Å². The molecule has 1 aliphatic heterocycles. The number of carbonyl (C=O) groups is 1. The van der Waals surface area contributed by atoms with Crippen LogP contribution in [0.5, 0.6) is 0 Å². The monoisotopic (exact) mass is 250 g/mol. The van der Waals surface area contributed by atoms with Crippen LogP contribution in [0.2, 0.25) is 0 Å². The molecular weight excluding hydrogens is 231 g/mol. The van der Waals surface area contributed by atoms with Crippen molar-refractivity contribution in [2.75, 3.05) is 13.1 Å². The van der Waals surface area contributed by atoms with Crippen molar-refractivity contribution in [3.05, 3.63) is 35.1 Å². The molecule has 98 valence electrons. The van der Waals surface area contributed by atoms with Gasteiger partial charge in [0, 0.05) is 6.04 Å². The summed E-state index contributed by atoms with van der Waals surface area (Å²) in [6.45, 7) is 3.70. The molecule has 0 saturated carbocycles. The second-order valence-electron chi connectivity index (χ2n) is 4.83. The molecule has 0 bridgehead atoms. The van der Waals surface area contributed by atoms with Gasteiger partial charge in [-0.25, -0.2) is 4.39 Å². The Hall–Kier alpha value is -1.42. The van der Waals surface area contributed by atoms with E-state index in [1.165, 1.54) is 6.07 Å². The second kappa shape index (κ2) is 5.96. The van der Waals surface area contributed by atoms with E-state index in [4.69, 9.17) is 0 Å². The molecule has 1 aromatic rings. The van der Waals surface area contributed by atoms with Crippen LogP contribution in [0.15, 0.2) is 18.2 Å². The average Bonchev–Trinajstić information content (AvgIpc) is 2.57. The number of carbonyl (C=O) groups excluding carboxylic acids is 1. The smallest absolute Gasteiger partial charge is 0.254 e. The second-order valence-corrected chi connectivity index (χ2v) is 4.83. The molecule has 3 nitrogen and oxygen atoms in total. The molecule has 1 atom stereocenters. The molecule has 2 rings (SSSR count). The van der Waals surface area contributed by atoms with Crippen LogP contribution in [-0.4, -0.2) is 25.0 Å². The summed E-state index contributed by atoms with van der Waals surface area (Å²) in [5.74, 6) is -0.751. The fourth-order valence-corrected chi connectivity index (χ4v) is 2.23. The first kappa shape index (κ1) is 13.0. The molecule has 0 aliphatic carbocycles. The topological polar surface area (TPSA) is 41.1 Å². The number of hydrogen-bond donors (Lipinski definition) is 2. The summed E-state index contributed by atoms with van der Waals surface area (Å²) in [6.07, 6.45) is 2.90. The van der Waals surface area contributed by atoms with Crippen LogP contribution in [0.1, 0.15) is 35.2 Å². The third kappa shape index (κ3) is 3.29. The minimum atomic E-state index is -0.445. The summed E-state index contributed by atoms with van der Waals surface area (Å²) in [6, 6.07) is 4.85. The Morgan fingerprint density at radius 3 is 3.00 bits per heavy atom. The normalized spacial score (nSPS) is 20.2. The lowest BCUT2D eigenvalue weighted by Crippen LogP contribution is -2.35. The molecule has 4 heteroatoms. The summed E-state index contributed by atoms with van der Waals surface area (Å²) in [5, 5.41) is 6.20. The molecule has 1 heterocycles. The third-order valence-electron chi connectivity index (χ3n) is 3.28. The maximum Gasteiger partial charge on any atom is 0.254 e. The largest absolute Gasteiger partial charge is 0.349 e. The van der Waals surface area contributed by atoms with Crippen LogP contribution >= 0.6 is 0 Å². The van der Waals surface area contributed by atoms with Crippen molar-refractivity contribution in [1.29, 1.82) is 0 Å². The molecular formula is C14H19FN2O. The van der Waals surface area contributed by atoms with E-state index in [0.717, 1.165) is 37.9 Å². The lowest BCUT2D eigenvalue weighted by Gasteiger charge is -2.16. The number of amides is 1. The highest BCUT2D eigenvalue weighted by Gasteiger charge is 2.17. The minimum Gasteiger partial charge on any atom is -0.349 e. The first-order chi connectivity index (χ1) is 8.66. The fourth-order valence-electron chi connectivity index (χ4n) is 2.23. The highest BCUT2D eigenvalue weighted by atomic mass is 19.1. The molecule has 1 unspecified atom stereocenters. The molecule has 1 fully saturated rings. The molecule has 2 N–H and O–H groups in total. The van der Waals surface area contributed by atoms with Crippen LogP contribution in [0, 0.1) is 12.7 Å². The highest BCUT2D eigenvalue weighted by molar-refractivity contribution is 5.94. The van der Waals surface area contributed by atoms with Gasteiger partial charge in [0.2, 0.25) is 0 Å². The summed E-state index contributed by atoms with van der Waals surface area (Å²) < 4.78 is 13.7. The lowest BCUT2D eigenvalue weighted by molar-refractivity contribution is 0.0930. The molecule has 1 amide bonds. The minimum absolute atomic E-state index is 0.137. The van der Waals surface area contributed by atoms with Gasteiger partial charge in [-0.15, -0.1) is 0 Å². The fraction of sp³-hybridized carbons (Fsp3) is 0.500. The van der Waals surface area contributed by atoms with Crippen molar-refractivity contribution >= 4 is 5.91 Å². The Balaban J connectivity index is 2.02. The third-order valence-corrected chi connectivity index (χ3v) is 3.28. The number of halogens is 1. The van der Waals surface area contributed by atoms with Crippen LogP contribution in [-0.2, 0) is 0 Å². The van der Waals surface area contributed by atoms with Crippen LogP contribution in [0.25, 0.3) is 0 Å². The van der Waals surface area contributed by atoms with E-state index in [-0.39, 0.29) is 17.5 Å². The molecule has 1 saturated heterocycles. The van der Waals surface area contributed by atoms with Crippen molar-refractivity contribution in [1.82, 2.24) is 10.6 Å². The zero-order valence-electron chi connectivity index (χ0n) is 10.6.